The van der Waals surface area contributed by atoms with E-state index in [9.17, 15) is 0 Å². The van der Waals surface area contributed by atoms with Crippen molar-refractivity contribution in [1.82, 2.24) is 9.80 Å². The van der Waals surface area contributed by atoms with E-state index in [0.29, 0.717) is 10.5 Å². The van der Waals surface area contributed by atoms with Gasteiger partial charge in [-0.1, -0.05) is 36.5 Å². The number of hydrogen-bond acceptors (Lipinski definition) is 9. The van der Waals surface area contributed by atoms with Crippen LogP contribution in [-0.4, -0.2) is 144 Å². The molecule has 8 nitrogen and oxygen atoms in total. The quantitative estimate of drug-likeness (QED) is 0.425. The van der Waals surface area contributed by atoms with Crippen molar-refractivity contribution < 1.29 is 26.6 Å². The second-order valence-corrected chi connectivity index (χ2v) is 23.1. The maximum Gasteiger partial charge on any atom is 0.504 e. The van der Waals surface area contributed by atoms with E-state index in [1.807, 2.05) is 0 Å². The average molecular weight is 603 g/mol. The first kappa shape index (κ1) is 29.1. The summed E-state index contributed by atoms with van der Waals surface area (Å²) in [7, 11) is -6.58. The molecule has 7 saturated heterocycles. The van der Waals surface area contributed by atoms with Gasteiger partial charge in [-0.25, -0.2) is 0 Å². The number of fused-ring (bicyclic) bond motifs is 12. The number of rotatable bonds is 6. The van der Waals surface area contributed by atoms with Crippen LogP contribution in [0.15, 0.2) is 0 Å². The summed E-state index contributed by atoms with van der Waals surface area (Å²) in [4.78, 5) is 4.78. The number of hydrogen-bond donors (Lipinski definition) is 0. The highest BCUT2D eigenvalue weighted by molar-refractivity contribution is 8.02. The molecule has 2 unspecified atom stereocenters. The van der Waals surface area contributed by atoms with Crippen molar-refractivity contribution in [1.29, 1.82) is 0 Å². The Morgan fingerprint density at radius 2 is 0.892 bits per heavy atom. The molecule has 0 aromatic heterocycles. The Bertz CT molecular complexity index is 751. The number of thioether (sulfide) groups is 1. The predicted octanol–water partition coefficient (Wildman–Crippen LogP) is 1.90. The van der Waals surface area contributed by atoms with Crippen molar-refractivity contribution in [2.75, 3.05) is 78.9 Å². The lowest BCUT2D eigenvalue weighted by atomic mass is 10.1. The van der Waals surface area contributed by atoms with E-state index in [1.54, 1.807) is 10.3 Å². The lowest BCUT2D eigenvalue weighted by molar-refractivity contribution is -0.00623. The van der Waals surface area contributed by atoms with Gasteiger partial charge in [0.2, 0.25) is 0 Å². The van der Waals surface area contributed by atoms with Gasteiger partial charge in [0.15, 0.2) is 0 Å². The zero-order valence-electron chi connectivity index (χ0n) is 23.2. The molecule has 0 radical (unpaired) electrons. The molecular weight excluding hydrogens is 557 g/mol. The molecule has 210 valence electrons. The van der Waals surface area contributed by atoms with Crippen LogP contribution in [0.1, 0.15) is 12.8 Å². The maximum atomic E-state index is 6.45. The SMILES string of the molecule is C[Si](C)=C(C[Si]12OCCN(CCO1)CCO2)C1CCC(C(C[Si]23OCCN(CCO2)CCO3)=[Si](C)C)S1. The van der Waals surface area contributed by atoms with Gasteiger partial charge < -0.3 is 26.6 Å². The van der Waals surface area contributed by atoms with Crippen LogP contribution in [-0.2, 0) is 26.6 Å². The smallest absolute Gasteiger partial charge is 0.372 e. The molecule has 7 rings (SSSR count). The van der Waals surface area contributed by atoms with Crippen LogP contribution < -0.4 is 0 Å². The molecule has 0 aromatic rings. The highest BCUT2D eigenvalue weighted by Gasteiger charge is 2.49. The summed E-state index contributed by atoms with van der Waals surface area (Å²) in [6.45, 7) is 20.2. The lowest BCUT2D eigenvalue weighted by Crippen LogP contribution is -2.57. The standard InChI is InChI=1S/C24H46N2O6SSi4/c1-34(2)23(19-36-27-13-7-25(8-14-28-36)9-15-29-36)21-5-6-22(33-21)24(35(3)4)20-37-30-16-10-26(11-17-31-37)12-18-32-37/h21-22H,5-20H2,1-4H3. The summed E-state index contributed by atoms with van der Waals surface area (Å²) >= 11 is 2.20. The van der Waals surface area contributed by atoms with Crippen molar-refractivity contribution in [3.05, 3.63) is 0 Å². The Balaban J connectivity index is 1.29. The molecule has 7 fully saturated rings. The van der Waals surface area contributed by atoms with Gasteiger partial charge in [-0.3, -0.25) is 9.80 Å². The Kier molecular flexibility index (Phi) is 10.3. The molecule has 7 aliphatic rings. The molecule has 0 amide bonds. The second kappa shape index (κ2) is 13.1. The van der Waals surface area contributed by atoms with E-state index in [-0.39, 0.29) is 0 Å². The Labute approximate surface area is 232 Å². The molecule has 0 aromatic carbocycles. The van der Waals surface area contributed by atoms with Crippen LogP contribution in [0.25, 0.3) is 0 Å². The third kappa shape index (κ3) is 7.29. The van der Waals surface area contributed by atoms with Gasteiger partial charge in [-0.15, -0.1) is 11.8 Å². The van der Waals surface area contributed by atoms with Gasteiger partial charge in [0.25, 0.3) is 0 Å². The Morgan fingerprint density at radius 3 is 1.16 bits per heavy atom. The minimum absolute atomic E-state index is 0.570. The van der Waals surface area contributed by atoms with Crippen molar-refractivity contribution >= 4 is 56.5 Å². The van der Waals surface area contributed by atoms with E-state index in [4.69, 9.17) is 26.6 Å². The molecule has 7 aliphatic heterocycles. The van der Waals surface area contributed by atoms with E-state index in [2.05, 4.69) is 47.7 Å². The monoisotopic (exact) mass is 602 g/mol. The molecular formula is C24H46N2O6SSi4. The molecule has 2 atom stereocenters. The Morgan fingerprint density at radius 1 is 0.595 bits per heavy atom. The lowest BCUT2D eigenvalue weighted by Gasteiger charge is -2.39. The fourth-order valence-electron chi connectivity index (χ4n) is 6.05. The molecule has 0 aliphatic carbocycles. The first-order chi connectivity index (χ1) is 17.9. The van der Waals surface area contributed by atoms with Crippen molar-refractivity contribution in [2.45, 2.75) is 61.6 Å². The van der Waals surface area contributed by atoms with Crippen molar-refractivity contribution in [3.63, 3.8) is 0 Å². The molecule has 0 spiro atoms. The molecule has 13 heteroatoms. The maximum absolute atomic E-state index is 6.45. The normalized spacial score (nSPS) is 38.6. The van der Waals surface area contributed by atoms with Gasteiger partial charge >= 0.3 is 17.6 Å². The topological polar surface area (TPSA) is 61.9 Å². The first-order valence-corrected chi connectivity index (χ1v) is 23.9. The minimum atomic E-state index is -2.66. The first-order valence-electron chi connectivity index (χ1n) is 14.1. The summed E-state index contributed by atoms with van der Waals surface area (Å²) in [6.07, 6.45) is 2.48. The third-order valence-electron chi connectivity index (χ3n) is 8.27. The summed E-state index contributed by atoms with van der Waals surface area (Å²) < 4.78 is 38.7. The summed E-state index contributed by atoms with van der Waals surface area (Å²) in [5.74, 6) is 0. The van der Waals surface area contributed by atoms with Gasteiger partial charge in [0.1, 0.15) is 0 Å². The van der Waals surface area contributed by atoms with E-state index in [1.165, 1.54) is 12.8 Å². The second-order valence-electron chi connectivity index (χ2n) is 11.2. The summed E-state index contributed by atoms with van der Waals surface area (Å²) in [6, 6.07) is 1.82. The van der Waals surface area contributed by atoms with Crippen LogP contribution >= 0.6 is 11.8 Å². The third-order valence-corrected chi connectivity index (χ3v) is 20.2. The van der Waals surface area contributed by atoms with E-state index >= 15 is 0 Å². The highest BCUT2D eigenvalue weighted by Crippen LogP contribution is 2.39. The van der Waals surface area contributed by atoms with Gasteiger partial charge in [0.05, 0.1) is 39.6 Å². The van der Waals surface area contributed by atoms with E-state index in [0.717, 1.165) is 91.0 Å². The van der Waals surface area contributed by atoms with Crippen LogP contribution in [0.4, 0.5) is 0 Å². The molecule has 0 N–H and O–H groups in total. The van der Waals surface area contributed by atoms with Crippen molar-refractivity contribution in [3.8, 4) is 0 Å². The van der Waals surface area contributed by atoms with Crippen LogP contribution in [0.5, 0.6) is 0 Å². The molecule has 4 bridgehead atoms. The minimum Gasteiger partial charge on any atom is -0.372 e. The van der Waals surface area contributed by atoms with E-state index < -0.39 is 34.4 Å². The van der Waals surface area contributed by atoms with Crippen LogP contribution in [0.2, 0.25) is 38.3 Å². The molecule has 7 heterocycles. The zero-order valence-corrected chi connectivity index (χ0v) is 28.0. The zero-order chi connectivity index (χ0) is 25.9. The average Bonchev–Trinajstić information content (AvgIpc) is 3.25. The van der Waals surface area contributed by atoms with Crippen LogP contribution in [0.3, 0.4) is 0 Å². The fraction of sp³-hybridized carbons (Fsp3) is 0.917. The van der Waals surface area contributed by atoms with Crippen molar-refractivity contribution in [2.24, 2.45) is 0 Å². The Hall–Kier alpha value is 0.638. The van der Waals surface area contributed by atoms with Gasteiger partial charge in [-0.05, 0) is 12.8 Å². The molecule has 0 saturated carbocycles. The van der Waals surface area contributed by atoms with Crippen LogP contribution in [0, 0.1) is 0 Å². The van der Waals surface area contributed by atoms with Gasteiger partial charge in [0, 0.05) is 78.7 Å². The van der Waals surface area contributed by atoms with Gasteiger partial charge in [-0.2, -0.15) is 0 Å². The largest absolute Gasteiger partial charge is 0.504 e. The molecule has 37 heavy (non-hydrogen) atoms. The highest BCUT2D eigenvalue weighted by atomic mass is 32.2. The summed E-state index contributed by atoms with van der Waals surface area (Å²) in [5.41, 5.74) is 0. The summed E-state index contributed by atoms with van der Waals surface area (Å²) in [5, 5.41) is 4.50. The predicted molar refractivity (Wildman–Crippen MR) is 159 cm³/mol. The number of nitrogens with zero attached hydrogens (tertiary/aromatic N) is 2. The fourth-order valence-corrected chi connectivity index (χ4v) is 20.3.